The maximum atomic E-state index is 5.09. The molecular weight excluding hydrogens is 198 g/mol. The van der Waals surface area contributed by atoms with Gasteiger partial charge in [-0.25, -0.2) is 0 Å². The Kier molecular flexibility index (Phi) is 5.12. The lowest BCUT2D eigenvalue weighted by Gasteiger charge is -2.20. The van der Waals surface area contributed by atoms with Gasteiger partial charge >= 0.3 is 8.60 Å². The van der Waals surface area contributed by atoms with E-state index < -0.39 is 8.60 Å². The summed E-state index contributed by atoms with van der Waals surface area (Å²) in [7, 11) is -1.61. The van der Waals surface area contributed by atoms with Crippen molar-refractivity contribution in [3.8, 4) is 0 Å². The van der Waals surface area contributed by atoms with Gasteiger partial charge in [0, 0.05) is 0 Å². The van der Waals surface area contributed by atoms with Crippen LogP contribution in [0.4, 0.5) is 0 Å². The molecular formula is C4H9Cl2O3P. The van der Waals surface area contributed by atoms with Crippen molar-refractivity contribution in [3.63, 3.8) is 0 Å². The van der Waals surface area contributed by atoms with Gasteiger partial charge in [0.25, 0.3) is 0 Å². The molecule has 62 valence electrons. The summed E-state index contributed by atoms with van der Waals surface area (Å²) in [4.78, 5) is 0. The summed E-state index contributed by atoms with van der Waals surface area (Å²) in [6, 6.07) is 0. The molecule has 0 aromatic carbocycles. The first-order valence-electron chi connectivity index (χ1n) is 2.56. The highest BCUT2D eigenvalue weighted by Crippen LogP contribution is 2.45. The monoisotopic (exact) mass is 206 g/mol. The van der Waals surface area contributed by atoms with E-state index in [1.165, 1.54) is 0 Å². The SMILES string of the molecule is CC(C)(C)OP(OCl)OCl. The van der Waals surface area contributed by atoms with Gasteiger partial charge in [0.2, 0.25) is 0 Å². The van der Waals surface area contributed by atoms with Crippen molar-refractivity contribution in [1.82, 2.24) is 0 Å². The van der Waals surface area contributed by atoms with E-state index in [9.17, 15) is 0 Å². The molecule has 0 aromatic heterocycles. The minimum Gasteiger partial charge on any atom is -0.305 e. The van der Waals surface area contributed by atoms with Gasteiger partial charge in [-0.1, -0.05) is 0 Å². The molecule has 0 atom stereocenters. The standard InChI is InChI=1S/C4H9Cl2O3P/c1-4(2,3)7-10(8-5)9-6/h1-3H3. The molecule has 0 spiro atoms. The van der Waals surface area contributed by atoms with Crippen LogP contribution in [0.5, 0.6) is 0 Å². The molecule has 0 amide bonds. The Bertz CT molecular complexity index is 91.0. The molecule has 6 heteroatoms. The molecule has 0 N–H and O–H groups in total. The average molecular weight is 207 g/mol. The molecule has 0 bridgehead atoms. The van der Waals surface area contributed by atoms with E-state index in [-0.39, 0.29) is 5.60 Å². The molecule has 3 nitrogen and oxygen atoms in total. The molecule has 0 saturated carbocycles. The second kappa shape index (κ2) is 4.70. The zero-order valence-corrected chi connectivity index (χ0v) is 8.33. The normalized spacial score (nSPS) is 12.6. The molecule has 0 fully saturated rings. The van der Waals surface area contributed by atoms with Crippen LogP contribution in [0.25, 0.3) is 0 Å². The van der Waals surface area contributed by atoms with Gasteiger partial charge < -0.3 is 4.52 Å². The lowest BCUT2D eigenvalue weighted by molar-refractivity contribution is 0.118. The number of halogens is 2. The summed E-state index contributed by atoms with van der Waals surface area (Å²) < 4.78 is 13.6. The summed E-state index contributed by atoms with van der Waals surface area (Å²) in [5.41, 5.74) is -0.366. The molecule has 10 heavy (non-hydrogen) atoms. The van der Waals surface area contributed by atoms with Crippen LogP contribution in [0.2, 0.25) is 0 Å². The summed E-state index contributed by atoms with van der Waals surface area (Å²) in [6.07, 6.45) is 0. The Hall–Kier alpha value is 0.890. The minimum absolute atomic E-state index is 0.366. The molecule has 0 heterocycles. The molecule has 0 aromatic rings. The van der Waals surface area contributed by atoms with Crippen LogP contribution in [0.15, 0.2) is 0 Å². The van der Waals surface area contributed by atoms with Crippen LogP contribution >= 0.6 is 32.3 Å². The minimum atomic E-state index is -1.61. The van der Waals surface area contributed by atoms with E-state index in [4.69, 9.17) is 28.3 Å². The Morgan fingerprint density at radius 2 is 1.50 bits per heavy atom. The van der Waals surface area contributed by atoms with E-state index >= 15 is 0 Å². The second-order valence-electron chi connectivity index (χ2n) is 2.57. The van der Waals surface area contributed by atoms with Crippen molar-refractivity contribution in [2.75, 3.05) is 0 Å². The maximum absolute atomic E-state index is 5.09. The van der Waals surface area contributed by atoms with Gasteiger partial charge in [0.15, 0.2) is 0 Å². The van der Waals surface area contributed by atoms with E-state index in [0.29, 0.717) is 0 Å². The van der Waals surface area contributed by atoms with Gasteiger partial charge in [-0.3, -0.25) is 0 Å². The first-order chi connectivity index (χ1) is 4.49. The zero-order valence-electron chi connectivity index (χ0n) is 5.93. The summed E-state index contributed by atoms with van der Waals surface area (Å²) in [6.45, 7) is 5.52. The summed E-state index contributed by atoms with van der Waals surface area (Å²) in [5.74, 6) is 0. The quantitative estimate of drug-likeness (QED) is 0.664. The van der Waals surface area contributed by atoms with Crippen molar-refractivity contribution in [2.24, 2.45) is 0 Å². The first-order valence-corrected chi connectivity index (χ1v) is 4.27. The first kappa shape index (κ1) is 10.9. The third-order valence-corrected chi connectivity index (χ3v) is 2.06. The van der Waals surface area contributed by atoms with E-state index in [2.05, 4.69) is 8.15 Å². The van der Waals surface area contributed by atoms with Crippen LogP contribution in [0.1, 0.15) is 20.8 Å². The fraction of sp³-hybridized carbons (Fsp3) is 1.00. The Balaban J connectivity index is 3.63. The third-order valence-electron chi connectivity index (χ3n) is 0.461. The second-order valence-corrected chi connectivity index (χ2v) is 4.30. The summed E-state index contributed by atoms with van der Waals surface area (Å²) in [5, 5.41) is 0. The fourth-order valence-corrected chi connectivity index (χ4v) is 1.21. The maximum Gasteiger partial charge on any atom is 0.369 e. The van der Waals surface area contributed by atoms with Gasteiger partial charge in [-0.05, 0) is 20.8 Å². The van der Waals surface area contributed by atoms with Gasteiger partial charge in [-0.15, -0.1) is 0 Å². The number of hydrogen-bond donors (Lipinski definition) is 0. The highest BCUT2D eigenvalue weighted by atomic mass is 35.5. The van der Waals surface area contributed by atoms with Crippen molar-refractivity contribution < 1.29 is 12.7 Å². The van der Waals surface area contributed by atoms with Crippen molar-refractivity contribution in [1.29, 1.82) is 0 Å². The van der Waals surface area contributed by atoms with E-state index in [0.717, 1.165) is 0 Å². The van der Waals surface area contributed by atoms with Gasteiger partial charge in [0.1, 0.15) is 0 Å². The topological polar surface area (TPSA) is 27.7 Å². The highest BCUT2D eigenvalue weighted by molar-refractivity contribution is 7.43. The van der Waals surface area contributed by atoms with Crippen molar-refractivity contribution in [2.45, 2.75) is 26.4 Å². The van der Waals surface area contributed by atoms with Gasteiger partial charge in [0.05, 0.1) is 29.3 Å². The Morgan fingerprint density at radius 3 is 1.60 bits per heavy atom. The predicted octanol–water partition coefficient (Wildman–Crippen LogP) is 3.37. The lowest BCUT2D eigenvalue weighted by Crippen LogP contribution is -2.15. The smallest absolute Gasteiger partial charge is 0.305 e. The van der Waals surface area contributed by atoms with Crippen LogP contribution in [0.3, 0.4) is 0 Å². The third kappa shape index (κ3) is 5.66. The van der Waals surface area contributed by atoms with Crippen LogP contribution in [-0.4, -0.2) is 5.60 Å². The molecule has 0 rings (SSSR count). The van der Waals surface area contributed by atoms with Crippen molar-refractivity contribution in [3.05, 3.63) is 0 Å². The van der Waals surface area contributed by atoms with Crippen LogP contribution < -0.4 is 0 Å². The van der Waals surface area contributed by atoms with Gasteiger partial charge in [-0.2, -0.15) is 8.15 Å². The Morgan fingerprint density at radius 1 is 1.10 bits per heavy atom. The van der Waals surface area contributed by atoms with E-state index in [1.54, 1.807) is 0 Å². The number of rotatable bonds is 3. The van der Waals surface area contributed by atoms with Crippen LogP contribution in [-0.2, 0) is 12.7 Å². The molecule has 0 unspecified atom stereocenters. The predicted molar refractivity (Wildman–Crippen MR) is 41.6 cm³/mol. The molecule has 0 radical (unpaired) electrons. The molecule has 0 aliphatic heterocycles. The largest absolute Gasteiger partial charge is 0.369 e. The van der Waals surface area contributed by atoms with E-state index in [1.807, 2.05) is 20.8 Å². The summed E-state index contributed by atoms with van der Waals surface area (Å²) >= 11 is 9.94. The molecule has 0 saturated heterocycles. The fourth-order valence-electron chi connectivity index (χ4n) is 0.262. The van der Waals surface area contributed by atoms with Crippen LogP contribution in [0, 0.1) is 0 Å². The van der Waals surface area contributed by atoms with Crippen molar-refractivity contribution >= 4 is 32.3 Å². The highest BCUT2D eigenvalue weighted by Gasteiger charge is 2.21. The zero-order chi connectivity index (χ0) is 8.20. The number of hydrogen-bond acceptors (Lipinski definition) is 3. The Labute approximate surface area is 71.9 Å². The lowest BCUT2D eigenvalue weighted by atomic mass is 10.2. The molecule has 0 aliphatic carbocycles. The average Bonchev–Trinajstić information content (AvgIpc) is 1.81. The molecule has 0 aliphatic rings.